The Balaban J connectivity index is 0.00000361. The van der Waals surface area contributed by atoms with Crippen molar-refractivity contribution in [2.75, 3.05) is 20.6 Å². The lowest BCUT2D eigenvalue weighted by atomic mass is 10.1. The van der Waals surface area contributed by atoms with E-state index in [-0.39, 0.29) is 30.3 Å². The molecule has 1 aromatic carbocycles. The van der Waals surface area contributed by atoms with Gasteiger partial charge in [-0.15, -0.1) is 12.4 Å². The SMILES string of the molecule is CC(N)CCNC(=O)c1cccc(C(=O)N(C)C)c1.Cl. The highest BCUT2D eigenvalue weighted by Crippen LogP contribution is 2.07. The third-order valence-corrected chi connectivity index (χ3v) is 2.66. The smallest absolute Gasteiger partial charge is 0.253 e. The summed E-state index contributed by atoms with van der Waals surface area (Å²) in [5.41, 5.74) is 6.60. The molecule has 3 N–H and O–H groups in total. The van der Waals surface area contributed by atoms with Gasteiger partial charge < -0.3 is 16.0 Å². The van der Waals surface area contributed by atoms with Gasteiger partial charge in [-0.1, -0.05) is 6.07 Å². The summed E-state index contributed by atoms with van der Waals surface area (Å²) in [7, 11) is 3.36. The van der Waals surface area contributed by atoms with Gasteiger partial charge in [-0.05, 0) is 31.5 Å². The van der Waals surface area contributed by atoms with Crippen LogP contribution in [0.2, 0.25) is 0 Å². The molecule has 0 saturated heterocycles. The van der Waals surface area contributed by atoms with Crippen molar-refractivity contribution in [2.45, 2.75) is 19.4 Å². The first-order valence-electron chi connectivity index (χ1n) is 6.27. The molecule has 0 aliphatic carbocycles. The van der Waals surface area contributed by atoms with Gasteiger partial charge in [0.1, 0.15) is 0 Å². The Kier molecular flexibility index (Phi) is 7.87. The summed E-state index contributed by atoms with van der Waals surface area (Å²) < 4.78 is 0. The fourth-order valence-electron chi connectivity index (χ4n) is 1.57. The number of amides is 2. The molecule has 1 aromatic rings. The number of carbonyl (C=O) groups excluding carboxylic acids is 2. The highest BCUT2D eigenvalue weighted by molar-refractivity contribution is 5.99. The van der Waals surface area contributed by atoms with Crippen LogP contribution in [0.25, 0.3) is 0 Å². The summed E-state index contributed by atoms with van der Waals surface area (Å²) in [5, 5.41) is 2.78. The summed E-state index contributed by atoms with van der Waals surface area (Å²) in [6.07, 6.45) is 0.724. The van der Waals surface area contributed by atoms with Crippen LogP contribution < -0.4 is 11.1 Å². The summed E-state index contributed by atoms with van der Waals surface area (Å²) in [6, 6.07) is 6.75. The van der Waals surface area contributed by atoms with Gasteiger partial charge in [-0.3, -0.25) is 9.59 Å². The molecule has 2 amide bonds. The fraction of sp³-hybridized carbons (Fsp3) is 0.429. The highest BCUT2D eigenvalue weighted by atomic mass is 35.5. The average Bonchev–Trinajstić information content (AvgIpc) is 2.37. The monoisotopic (exact) mass is 299 g/mol. The van der Waals surface area contributed by atoms with Crippen LogP contribution in [0.1, 0.15) is 34.1 Å². The molecule has 5 nitrogen and oxygen atoms in total. The Hall–Kier alpha value is -1.59. The van der Waals surface area contributed by atoms with E-state index in [0.29, 0.717) is 17.7 Å². The molecule has 6 heteroatoms. The molecule has 0 radical (unpaired) electrons. The predicted octanol–water partition coefficient (Wildman–Crippen LogP) is 1.28. The Morgan fingerprint density at radius 3 is 2.45 bits per heavy atom. The maximum Gasteiger partial charge on any atom is 0.253 e. The Labute approximate surface area is 125 Å². The molecule has 1 unspecified atom stereocenters. The lowest BCUT2D eigenvalue weighted by Crippen LogP contribution is -2.29. The molecular weight excluding hydrogens is 278 g/mol. The van der Waals surface area contributed by atoms with Crippen molar-refractivity contribution in [2.24, 2.45) is 5.73 Å². The third kappa shape index (κ3) is 5.59. The van der Waals surface area contributed by atoms with E-state index < -0.39 is 0 Å². The lowest BCUT2D eigenvalue weighted by Gasteiger charge is -2.11. The van der Waals surface area contributed by atoms with E-state index in [9.17, 15) is 9.59 Å². The van der Waals surface area contributed by atoms with Gasteiger partial charge in [0, 0.05) is 37.8 Å². The average molecular weight is 300 g/mol. The number of benzene rings is 1. The number of nitrogens with zero attached hydrogens (tertiary/aromatic N) is 1. The van der Waals surface area contributed by atoms with Crippen molar-refractivity contribution in [3.63, 3.8) is 0 Å². The molecule has 0 saturated carbocycles. The van der Waals surface area contributed by atoms with Crippen LogP contribution in [0.3, 0.4) is 0 Å². The molecule has 112 valence electrons. The van der Waals surface area contributed by atoms with E-state index in [1.54, 1.807) is 38.4 Å². The number of hydrogen-bond acceptors (Lipinski definition) is 3. The van der Waals surface area contributed by atoms with Gasteiger partial charge in [0.15, 0.2) is 0 Å². The number of halogens is 1. The van der Waals surface area contributed by atoms with Crippen LogP contribution in [0, 0.1) is 0 Å². The minimum atomic E-state index is -0.186. The number of carbonyl (C=O) groups is 2. The molecule has 0 fully saturated rings. The topological polar surface area (TPSA) is 75.4 Å². The van der Waals surface area contributed by atoms with Crippen molar-refractivity contribution in [3.8, 4) is 0 Å². The number of rotatable bonds is 5. The number of hydrogen-bond donors (Lipinski definition) is 2. The van der Waals surface area contributed by atoms with Gasteiger partial charge in [0.05, 0.1) is 0 Å². The maximum absolute atomic E-state index is 11.9. The maximum atomic E-state index is 11.9. The van der Waals surface area contributed by atoms with Crippen molar-refractivity contribution >= 4 is 24.2 Å². The van der Waals surface area contributed by atoms with Gasteiger partial charge in [0.2, 0.25) is 0 Å². The predicted molar refractivity (Wildman–Crippen MR) is 82.3 cm³/mol. The van der Waals surface area contributed by atoms with Gasteiger partial charge in [-0.25, -0.2) is 0 Å². The summed E-state index contributed by atoms with van der Waals surface area (Å²) >= 11 is 0. The molecule has 0 aliphatic rings. The fourth-order valence-corrected chi connectivity index (χ4v) is 1.57. The number of nitrogens with one attached hydrogen (secondary N) is 1. The minimum Gasteiger partial charge on any atom is -0.352 e. The van der Waals surface area contributed by atoms with Crippen LogP contribution in [0.15, 0.2) is 24.3 Å². The van der Waals surface area contributed by atoms with E-state index in [1.807, 2.05) is 6.92 Å². The molecule has 1 atom stereocenters. The lowest BCUT2D eigenvalue weighted by molar-refractivity contribution is 0.0827. The molecule has 0 bridgehead atoms. The van der Waals surface area contributed by atoms with Crippen LogP contribution in [-0.2, 0) is 0 Å². The van der Waals surface area contributed by atoms with E-state index in [2.05, 4.69) is 5.32 Å². The zero-order valence-electron chi connectivity index (χ0n) is 12.1. The van der Waals surface area contributed by atoms with Crippen molar-refractivity contribution in [3.05, 3.63) is 35.4 Å². The normalized spacial score (nSPS) is 11.2. The second-order valence-electron chi connectivity index (χ2n) is 4.80. The Morgan fingerprint density at radius 2 is 1.90 bits per heavy atom. The third-order valence-electron chi connectivity index (χ3n) is 2.66. The zero-order chi connectivity index (χ0) is 14.4. The summed E-state index contributed by atoms with van der Waals surface area (Å²) in [5.74, 6) is -0.306. The Morgan fingerprint density at radius 1 is 1.30 bits per heavy atom. The molecular formula is C14H22ClN3O2. The van der Waals surface area contributed by atoms with Gasteiger partial charge >= 0.3 is 0 Å². The first kappa shape index (κ1) is 18.4. The molecule has 0 spiro atoms. The standard InChI is InChI=1S/C14H21N3O2.ClH/c1-10(15)7-8-16-13(18)11-5-4-6-12(9-11)14(19)17(2)3;/h4-6,9-10H,7-8,15H2,1-3H3,(H,16,18);1H. The summed E-state index contributed by atoms with van der Waals surface area (Å²) in [6.45, 7) is 2.42. The van der Waals surface area contributed by atoms with E-state index >= 15 is 0 Å². The molecule has 0 aliphatic heterocycles. The van der Waals surface area contributed by atoms with Crippen molar-refractivity contribution in [1.82, 2.24) is 10.2 Å². The first-order valence-corrected chi connectivity index (χ1v) is 6.27. The first-order chi connectivity index (χ1) is 8.91. The number of nitrogens with two attached hydrogens (primary N) is 1. The summed E-state index contributed by atoms with van der Waals surface area (Å²) in [4.78, 5) is 25.2. The second-order valence-corrected chi connectivity index (χ2v) is 4.80. The van der Waals surface area contributed by atoms with Gasteiger partial charge in [0.25, 0.3) is 11.8 Å². The minimum absolute atomic E-state index is 0. The van der Waals surface area contributed by atoms with Crippen molar-refractivity contribution in [1.29, 1.82) is 0 Å². The van der Waals surface area contributed by atoms with E-state index in [0.717, 1.165) is 6.42 Å². The van der Waals surface area contributed by atoms with Crippen LogP contribution in [0.5, 0.6) is 0 Å². The van der Waals surface area contributed by atoms with Gasteiger partial charge in [-0.2, -0.15) is 0 Å². The van der Waals surface area contributed by atoms with Crippen LogP contribution >= 0.6 is 12.4 Å². The quantitative estimate of drug-likeness (QED) is 0.860. The molecule has 0 aromatic heterocycles. The molecule has 20 heavy (non-hydrogen) atoms. The van der Waals surface area contributed by atoms with Crippen molar-refractivity contribution < 1.29 is 9.59 Å². The highest BCUT2D eigenvalue weighted by Gasteiger charge is 2.11. The van der Waals surface area contributed by atoms with Crippen LogP contribution in [-0.4, -0.2) is 43.4 Å². The molecule has 0 heterocycles. The second kappa shape index (κ2) is 8.55. The van der Waals surface area contributed by atoms with E-state index in [4.69, 9.17) is 5.73 Å². The van der Waals surface area contributed by atoms with Crippen LogP contribution in [0.4, 0.5) is 0 Å². The largest absolute Gasteiger partial charge is 0.352 e. The Bertz CT molecular complexity index is 461. The van der Waals surface area contributed by atoms with E-state index in [1.165, 1.54) is 4.90 Å². The molecule has 1 rings (SSSR count). The zero-order valence-corrected chi connectivity index (χ0v) is 12.9.